The summed E-state index contributed by atoms with van der Waals surface area (Å²) < 4.78 is 10.9. The zero-order valence-corrected chi connectivity index (χ0v) is 15.5. The summed E-state index contributed by atoms with van der Waals surface area (Å²) in [5.41, 5.74) is 1.80. The van der Waals surface area contributed by atoms with Gasteiger partial charge in [-0.25, -0.2) is 4.79 Å². The minimum absolute atomic E-state index is 0.228. The number of nitrogens with one attached hydrogen (secondary N) is 1. The number of ether oxygens (including phenoxy) is 2. The van der Waals surface area contributed by atoms with Crippen molar-refractivity contribution in [1.29, 1.82) is 0 Å². The van der Waals surface area contributed by atoms with Gasteiger partial charge in [-0.15, -0.1) is 0 Å². The van der Waals surface area contributed by atoms with Crippen molar-refractivity contribution in [2.75, 3.05) is 5.32 Å². The van der Waals surface area contributed by atoms with E-state index < -0.39 is 5.60 Å². The molecule has 0 saturated heterocycles. The Morgan fingerprint density at radius 3 is 2.41 bits per heavy atom. The van der Waals surface area contributed by atoms with E-state index in [-0.39, 0.29) is 17.6 Å². The fourth-order valence-electron chi connectivity index (χ4n) is 2.46. The van der Waals surface area contributed by atoms with Crippen LogP contribution in [0.3, 0.4) is 0 Å². The number of carbonyl (C=O) groups is 2. The second-order valence-corrected chi connectivity index (χ2v) is 7.09. The molecule has 1 N–H and O–H groups in total. The van der Waals surface area contributed by atoms with Crippen LogP contribution in [0, 0.1) is 0 Å². The first-order chi connectivity index (χ1) is 12.8. The number of rotatable bonds is 3. The minimum atomic E-state index is -0.517. The van der Waals surface area contributed by atoms with Gasteiger partial charge in [0, 0.05) is 6.08 Å². The lowest BCUT2D eigenvalue weighted by Gasteiger charge is -2.19. The molecule has 1 amide bonds. The van der Waals surface area contributed by atoms with Gasteiger partial charge in [-0.1, -0.05) is 36.4 Å². The highest BCUT2D eigenvalue weighted by Gasteiger charge is 2.21. The Morgan fingerprint density at radius 1 is 1.04 bits per heavy atom. The van der Waals surface area contributed by atoms with Gasteiger partial charge in [-0.3, -0.25) is 4.79 Å². The van der Waals surface area contributed by atoms with Crippen molar-refractivity contribution in [3.8, 4) is 5.75 Å². The Hall–Kier alpha value is -3.34. The van der Waals surface area contributed by atoms with E-state index in [4.69, 9.17) is 9.47 Å². The fourth-order valence-corrected chi connectivity index (χ4v) is 2.46. The normalized spacial score (nSPS) is 15.2. The van der Waals surface area contributed by atoms with Gasteiger partial charge in [-0.2, -0.15) is 0 Å². The van der Waals surface area contributed by atoms with Crippen LogP contribution in [0.5, 0.6) is 5.75 Å². The van der Waals surface area contributed by atoms with Crippen molar-refractivity contribution >= 4 is 29.7 Å². The van der Waals surface area contributed by atoms with Crippen LogP contribution in [-0.4, -0.2) is 17.5 Å². The van der Waals surface area contributed by atoms with Crippen molar-refractivity contribution in [3.63, 3.8) is 0 Å². The van der Waals surface area contributed by atoms with Crippen LogP contribution in [0.2, 0.25) is 0 Å². The van der Waals surface area contributed by atoms with Crippen LogP contribution in [0.15, 0.2) is 60.4 Å². The Kier molecular flexibility index (Phi) is 5.12. The van der Waals surface area contributed by atoms with Gasteiger partial charge in [0.1, 0.15) is 5.60 Å². The number of amides is 1. The van der Waals surface area contributed by atoms with E-state index in [9.17, 15) is 9.59 Å². The maximum atomic E-state index is 12.2. The summed E-state index contributed by atoms with van der Waals surface area (Å²) in [4.78, 5) is 23.9. The molecule has 1 aliphatic heterocycles. The lowest BCUT2D eigenvalue weighted by molar-refractivity contribution is -0.148. The topological polar surface area (TPSA) is 64.6 Å². The molecule has 2 aromatic carbocycles. The van der Waals surface area contributed by atoms with Crippen molar-refractivity contribution < 1.29 is 19.1 Å². The molecule has 27 heavy (non-hydrogen) atoms. The van der Waals surface area contributed by atoms with Gasteiger partial charge in [-0.05, 0) is 56.2 Å². The number of carbonyl (C=O) groups excluding carboxylic acids is 2. The zero-order chi connectivity index (χ0) is 19.4. The van der Waals surface area contributed by atoms with Crippen LogP contribution in [0.25, 0.3) is 12.2 Å². The molecule has 0 saturated carbocycles. The zero-order valence-electron chi connectivity index (χ0n) is 15.5. The van der Waals surface area contributed by atoms with Gasteiger partial charge in [0.15, 0.2) is 11.5 Å². The van der Waals surface area contributed by atoms with Crippen LogP contribution >= 0.6 is 0 Å². The first-order valence-corrected chi connectivity index (χ1v) is 8.61. The summed E-state index contributed by atoms with van der Waals surface area (Å²) >= 11 is 0. The number of fused-ring (bicyclic) bond motifs is 1. The predicted molar refractivity (Wildman–Crippen MR) is 105 cm³/mol. The molecule has 1 aliphatic rings. The molecule has 1 heterocycles. The van der Waals surface area contributed by atoms with E-state index in [1.54, 1.807) is 24.3 Å². The number of para-hydroxylation sites is 2. The molecular weight excluding hydrogens is 342 g/mol. The highest BCUT2D eigenvalue weighted by atomic mass is 16.6. The quantitative estimate of drug-likeness (QED) is 0.648. The van der Waals surface area contributed by atoms with Gasteiger partial charge in [0.2, 0.25) is 0 Å². The maximum Gasteiger partial charge on any atom is 0.331 e. The molecule has 0 fully saturated rings. The molecule has 0 spiro atoms. The third-order valence-corrected chi connectivity index (χ3v) is 3.63. The number of hydrogen-bond acceptors (Lipinski definition) is 4. The Bertz CT molecular complexity index is 918. The SMILES string of the molecule is CC(C)(C)OC(=O)/C=C/c1ccc(/C=C2\Oc3ccccc3NC2=O)cc1. The van der Waals surface area contributed by atoms with Crippen LogP contribution < -0.4 is 10.1 Å². The third-order valence-electron chi connectivity index (χ3n) is 3.63. The molecule has 0 radical (unpaired) electrons. The fraction of sp³-hybridized carbons (Fsp3) is 0.182. The van der Waals surface area contributed by atoms with Crippen LogP contribution in [-0.2, 0) is 14.3 Å². The monoisotopic (exact) mass is 363 g/mol. The summed E-state index contributed by atoms with van der Waals surface area (Å²) in [6.07, 6.45) is 4.75. The summed E-state index contributed by atoms with van der Waals surface area (Å²) in [6.45, 7) is 5.47. The molecule has 0 unspecified atom stereocenters. The smallest absolute Gasteiger partial charge is 0.331 e. The molecule has 3 rings (SSSR count). The Balaban J connectivity index is 1.70. The Morgan fingerprint density at radius 2 is 1.70 bits per heavy atom. The van der Waals surface area contributed by atoms with Gasteiger partial charge < -0.3 is 14.8 Å². The number of hydrogen-bond donors (Lipinski definition) is 1. The number of anilines is 1. The largest absolute Gasteiger partial charge is 0.457 e. The third kappa shape index (κ3) is 5.07. The van der Waals surface area contributed by atoms with E-state index in [2.05, 4.69) is 5.32 Å². The maximum absolute atomic E-state index is 12.2. The molecule has 0 aromatic heterocycles. The minimum Gasteiger partial charge on any atom is -0.457 e. The van der Waals surface area contributed by atoms with Crippen LogP contribution in [0.4, 0.5) is 5.69 Å². The standard InChI is InChI=1S/C22H21NO4/c1-22(2,3)27-20(24)13-12-15-8-10-16(11-9-15)14-19-21(25)23-17-6-4-5-7-18(17)26-19/h4-14H,1-3H3,(H,23,25)/b13-12+,19-14-. The summed E-state index contributed by atoms with van der Waals surface area (Å²) in [5.74, 6) is 0.160. The molecule has 0 aliphatic carbocycles. The second-order valence-electron chi connectivity index (χ2n) is 7.09. The van der Waals surface area contributed by atoms with E-state index in [1.807, 2.05) is 57.2 Å². The molecule has 5 nitrogen and oxygen atoms in total. The first-order valence-electron chi connectivity index (χ1n) is 8.61. The second kappa shape index (κ2) is 7.50. The molecule has 2 aromatic rings. The van der Waals surface area contributed by atoms with Gasteiger partial charge in [0.05, 0.1) is 5.69 Å². The number of benzene rings is 2. The molecule has 138 valence electrons. The van der Waals surface area contributed by atoms with Crippen molar-refractivity contribution in [2.45, 2.75) is 26.4 Å². The lowest BCUT2D eigenvalue weighted by atomic mass is 10.1. The van der Waals surface area contributed by atoms with E-state index in [0.717, 1.165) is 11.1 Å². The Labute approximate surface area is 158 Å². The predicted octanol–water partition coefficient (Wildman–Crippen LogP) is 4.41. The van der Waals surface area contributed by atoms with E-state index in [1.165, 1.54) is 6.08 Å². The molecular formula is C22H21NO4. The summed E-state index contributed by atoms with van der Waals surface area (Å²) in [7, 11) is 0. The number of esters is 1. The van der Waals surface area contributed by atoms with Crippen molar-refractivity contribution in [2.24, 2.45) is 0 Å². The van der Waals surface area contributed by atoms with Crippen LogP contribution in [0.1, 0.15) is 31.9 Å². The van der Waals surface area contributed by atoms with E-state index >= 15 is 0 Å². The summed E-state index contributed by atoms with van der Waals surface area (Å²) in [6, 6.07) is 14.7. The first kappa shape index (κ1) is 18.5. The highest BCUT2D eigenvalue weighted by molar-refractivity contribution is 6.08. The summed E-state index contributed by atoms with van der Waals surface area (Å²) in [5, 5.41) is 2.80. The lowest BCUT2D eigenvalue weighted by Crippen LogP contribution is -2.23. The van der Waals surface area contributed by atoms with Gasteiger partial charge >= 0.3 is 5.97 Å². The highest BCUT2D eigenvalue weighted by Crippen LogP contribution is 2.30. The van der Waals surface area contributed by atoms with Gasteiger partial charge in [0.25, 0.3) is 5.91 Å². The average Bonchev–Trinajstić information content (AvgIpc) is 2.60. The van der Waals surface area contributed by atoms with Crippen molar-refractivity contribution in [1.82, 2.24) is 0 Å². The average molecular weight is 363 g/mol. The molecule has 0 atom stereocenters. The van der Waals surface area contributed by atoms with Crippen molar-refractivity contribution in [3.05, 3.63) is 71.5 Å². The molecule has 0 bridgehead atoms. The molecule has 5 heteroatoms. The van der Waals surface area contributed by atoms with E-state index in [0.29, 0.717) is 11.4 Å².